The topological polar surface area (TPSA) is 38.1 Å². The van der Waals surface area contributed by atoms with Crippen LogP contribution in [0.3, 0.4) is 0 Å². The molecule has 0 spiro atoms. The molecule has 0 radical (unpaired) electrons. The monoisotopic (exact) mass is 259 g/mol. The molecule has 1 aromatic rings. The third-order valence-corrected chi connectivity index (χ3v) is 2.42. The number of hydrogen-bond acceptors (Lipinski definition) is 2. The van der Waals surface area contributed by atoms with Crippen molar-refractivity contribution in [3.63, 3.8) is 0 Å². The fraction of sp³-hybridized carbons (Fsp3) is 0.556. The molecular formula is C9H14BrN3O. The zero-order valence-corrected chi connectivity index (χ0v) is 9.99. The molecule has 78 valence electrons. The Hall–Kier alpha value is -0.840. The lowest BCUT2D eigenvalue weighted by Crippen LogP contribution is -2.33. The van der Waals surface area contributed by atoms with Gasteiger partial charge in [-0.25, -0.2) is 0 Å². The Morgan fingerprint density at radius 3 is 2.64 bits per heavy atom. The minimum absolute atomic E-state index is 0.102. The summed E-state index contributed by atoms with van der Waals surface area (Å²) in [5.74, 6) is 0.102. The van der Waals surface area contributed by atoms with Gasteiger partial charge >= 0.3 is 0 Å². The van der Waals surface area contributed by atoms with Crippen molar-refractivity contribution in [1.82, 2.24) is 14.7 Å². The highest BCUT2D eigenvalue weighted by Crippen LogP contribution is 2.06. The van der Waals surface area contributed by atoms with Crippen LogP contribution in [0.5, 0.6) is 0 Å². The van der Waals surface area contributed by atoms with Gasteiger partial charge in [-0.15, -0.1) is 0 Å². The van der Waals surface area contributed by atoms with Gasteiger partial charge in [0.25, 0.3) is 0 Å². The Kier molecular flexibility index (Phi) is 4.13. The predicted octanol–water partition coefficient (Wildman–Crippen LogP) is 1.51. The summed E-state index contributed by atoms with van der Waals surface area (Å²) in [4.78, 5) is 13.4. The summed E-state index contributed by atoms with van der Waals surface area (Å²) in [6.07, 6.45) is 3.47. The average molecular weight is 260 g/mol. The van der Waals surface area contributed by atoms with Gasteiger partial charge in [0.2, 0.25) is 5.91 Å². The van der Waals surface area contributed by atoms with Gasteiger partial charge in [-0.3, -0.25) is 9.48 Å². The number of likely N-dealkylation sites (N-methyl/N-ethyl adjacent to an activating group) is 1. The molecule has 0 aliphatic carbocycles. The van der Waals surface area contributed by atoms with Crippen LogP contribution in [-0.4, -0.2) is 33.7 Å². The summed E-state index contributed by atoms with van der Waals surface area (Å²) in [6, 6.07) is 0. The number of carbonyl (C=O) groups excluding carboxylic acids is 1. The Morgan fingerprint density at radius 2 is 2.21 bits per heavy atom. The van der Waals surface area contributed by atoms with Gasteiger partial charge in [0.05, 0.1) is 10.7 Å². The fourth-order valence-electron chi connectivity index (χ4n) is 1.24. The minimum atomic E-state index is 0.102. The van der Waals surface area contributed by atoms with Gasteiger partial charge in [-0.2, -0.15) is 5.10 Å². The molecule has 0 unspecified atom stereocenters. The molecule has 0 bridgehead atoms. The normalized spacial score (nSPS) is 10.2. The lowest BCUT2D eigenvalue weighted by molar-refractivity contribution is -0.131. The molecule has 0 aromatic carbocycles. The van der Waals surface area contributed by atoms with Crippen molar-refractivity contribution in [1.29, 1.82) is 0 Å². The summed E-state index contributed by atoms with van der Waals surface area (Å²) < 4.78 is 2.52. The van der Waals surface area contributed by atoms with Crippen LogP contribution in [0.25, 0.3) is 0 Å². The third kappa shape index (κ3) is 2.83. The second kappa shape index (κ2) is 5.14. The highest BCUT2D eigenvalue weighted by molar-refractivity contribution is 9.10. The third-order valence-electron chi connectivity index (χ3n) is 2.02. The molecule has 5 heteroatoms. The van der Waals surface area contributed by atoms with Gasteiger partial charge in [0.15, 0.2) is 0 Å². The summed E-state index contributed by atoms with van der Waals surface area (Å²) in [5.41, 5.74) is 0. The van der Waals surface area contributed by atoms with E-state index in [1.54, 1.807) is 22.0 Å². The first-order valence-corrected chi connectivity index (χ1v) is 5.42. The molecule has 0 fully saturated rings. The first kappa shape index (κ1) is 11.2. The number of nitrogens with zero attached hydrogens (tertiary/aromatic N) is 3. The first-order chi connectivity index (χ1) is 6.67. The molecule has 0 atom stereocenters. The maximum atomic E-state index is 11.6. The number of carbonyl (C=O) groups is 1. The van der Waals surface area contributed by atoms with E-state index in [0.29, 0.717) is 6.54 Å². The Labute approximate surface area is 92.0 Å². The first-order valence-electron chi connectivity index (χ1n) is 4.63. The number of aromatic nitrogens is 2. The molecule has 1 heterocycles. The number of amides is 1. The SMILES string of the molecule is CCN(CC)C(=O)Cn1cc(Br)cn1. The van der Waals surface area contributed by atoms with Crippen LogP contribution in [0.15, 0.2) is 16.9 Å². The van der Waals surface area contributed by atoms with Crippen molar-refractivity contribution in [3.8, 4) is 0 Å². The van der Waals surface area contributed by atoms with E-state index >= 15 is 0 Å². The van der Waals surface area contributed by atoms with Crippen molar-refractivity contribution in [3.05, 3.63) is 16.9 Å². The quantitative estimate of drug-likeness (QED) is 0.823. The fourth-order valence-corrected chi connectivity index (χ4v) is 1.57. The highest BCUT2D eigenvalue weighted by atomic mass is 79.9. The molecule has 0 N–H and O–H groups in total. The number of rotatable bonds is 4. The summed E-state index contributed by atoms with van der Waals surface area (Å²) >= 11 is 3.28. The van der Waals surface area contributed by atoms with E-state index in [2.05, 4.69) is 21.0 Å². The molecule has 1 rings (SSSR count). The van der Waals surface area contributed by atoms with Crippen LogP contribution < -0.4 is 0 Å². The molecule has 14 heavy (non-hydrogen) atoms. The molecule has 0 aliphatic heterocycles. The van der Waals surface area contributed by atoms with Gasteiger partial charge in [0.1, 0.15) is 6.54 Å². The van der Waals surface area contributed by atoms with Crippen LogP contribution in [0, 0.1) is 0 Å². The van der Waals surface area contributed by atoms with E-state index in [1.165, 1.54) is 0 Å². The smallest absolute Gasteiger partial charge is 0.244 e. The molecule has 0 aliphatic rings. The van der Waals surface area contributed by atoms with Crippen LogP contribution in [-0.2, 0) is 11.3 Å². The Balaban J connectivity index is 2.56. The zero-order chi connectivity index (χ0) is 10.6. The van der Waals surface area contributed by atoms with Gasteiger partial charge in [-0.1, -0.05) is 0 Å². The Bertz CT molecular complexity index is 307. The van der Waals surface area contributed by atoms with Crippen LogP contribution >= 0.6 is 15.9 Å². The molecule has 1 aromatic heterocycles. The van der Waals surface area contributed by atoms with Gasteiger partial charge in [-0.05, 0) is 29.8 Å². The second-order valence-electron chi connectivity index (χ2n) is 2.92. The van der Waals surface area contributed by atoms with E-state index in [4.69, 9.17) is 0 Å². The van der Waals surface area contributed by atoms with E-state index < -0.39 is 0 Å². The Morgan fingerprint density at radius 1 is 1.57 bits per heavy atom. The molecular weight excluding hydrogens is 246 g/mol. The van der Waals surface area contributed by atoms with Crippen molar-refractivity contribution >= 4 is 21.8 Å². The van der Waals surface area contributed by atoms with Gasteiger partial charge in [0, 0.05) is 19.3 Å². The maximum absolute atomic E-state index is 11.6. The maximum Gasteiger partial charge on any atom is 0.244 e. The molecule has 1 amide bonds. The summed E-state index contributed by atoms with van der Waals surface area (Å²) in [5, 5.41) is 4.03. The largest absolute Gasteiger partial charge is 0.342 e. The van der Waals surface area contributed by atoms with Crippen LogP contribution in [0.2, 0.25) is 0 Å². The van der Waals surface area contributed by atoms with E-state index in [0.717, 1.165) is 17.6 Å². The highest BCUT2D eigenvalue weighted by Gasteiger charge is 2.10. The number of halogens is 1. The van der Waals surface area contributed by atoms with E-state index in [1.807, 2.05) is 13.8 Å². The predicted molar refractivity (Wildman–Crippen MR) is 57.9 cm³/mol. The lowest BCUT2D eigenvalue weighted by atomic mass is 10.4. The lowest BCUT2D eigenvalue weighted by Gasteiger charge is -2.18. The van der Waals surface area contributed by atoms with E-state index in [9.17, 15) is 4.79 Å². The van der Waals surface area contributed by atoms with Crippen LogP contribution in [0.1, 0.15) is 13.8 Å². The van der Waals surface area contributed by atoms with Crippen molar-refractivity contribution in [2.75, 3.05) is 13.1 Å². The second-order valence-corrected chi connectivity index (χ2v) is 3.84. The number of hydrogen-bond donors (Lipinski definition) is 0. The summed E-state index contributed by atoms with van der Waals surface area (Å²) in [6.45, 7) is 5.75. The van der Waals surface area contributed by atoms with E-state index in [-0.39, 0.29) is 5.91 Å². The summed E-state index contributed by atoms with van der Waals surface area (Å²) in [7, 11) is 0. The zero-order valence-electron chi connectivity index (χ0n) is 8.40. The standard InChI is InChI=1S/C9H14BrN3O/c1-3-12(4-2)9(14)7-13-6-8(10)5-11-13/h5-6H,3-4,7H2,1-2H3. The minimum Gasteiger partial charge on any atom is -0.342 e. The molecule has 4 nitrogen and oxygen atoms in total. The molecule has 0 saturated heterocycles. The van der Waals surface area contributed by atoms with Gasteiger partial charge < -0.3 is 4.90 Å². The average Bonchev–Trinajstić information content (AvgIpc) is 2.53. The van der Waals surface area contributed by atoms with Crippen molar-refractivity contribution in [2.24, 2.45) is 0 Å². The van der Waals surface area contributed by atoms with Crippen molar-refractivity contribution in [2.45, 2.75) is 20.4 Å². The van der Waals surface area contributed by atoms with Crippen molar-refractivity contribution < 1.29 is 4.79 Å². The molecule has 0 saturated carbocycles. The van der Waals surface area contributed by atoms with Crippen LogP contribution in [0.4, 0.5) is 0 Å².